The number of amides is 1. The number of piperidine rings is 1. The summed E-state index contributed by atoms with van der Waals surface area (Å²) in [6.07, 6.45) is 10.3. The van der Waals surface area contributed by atoms with Gasteiger partial charge in [0.25, 0.3) is 0 Å². The van der Waals surface area contributed by atoms with Crippen LogP contribution in [-0.2, 0) is 9.59 Å². The first-order chi connectivity index (χ1) is 10.9. The summed E-state index contributed by atoms with van der Waals surface area (Å²) in [5.41, 5.74) is 0.550. The van der Waals surface area contributed by atoms with Gasteiger partial charge in [0.1, 0.15) is 6.29 Å². The van der Waals surface area contributed by atoms with Crippen molar-refractivity contribution >= 4 is 12.2 Å². The summed E-state index contributed by atoms with van der Waals surface area (Å²) in [4.78, 5) is 25.8. The fraction of sp³-hybridized carbons (Fsp3) is 0.900. The molecule has 4 unspecified atom stereocenters. The van der Waals surface area contributed by atoms with Gasteiger partial charge in [0.15, 0.2) is 0 Å². The molecule has 0 aromatic rings. The molecule has 4 aliphatic rings. The van der Waals surface area contributed by atoms with Crippen LogP contribution in [0.4, 0.5) is 0 Å². The average molecular weight is 317 g/mol. The first kappa shape index (κ1) is 15.7. The van der Waals surface area contributed by atoms with Crippen molar-refractivity contribution in [2.24, 2.45) is 34.5 Å². The lowest BCUT2D eigenvalue weighted by Crippen LogP contribution is -2.61. The van der Waals surface area contributed by atoms with Crippen LogP contribution in [0.15, 0.2) is 0 Å². The van der Waals surface area contributed by atoms with Crippen molar-refractivity contribution in [3.8, 4) is 0 Å². The summed E-state index contributed by atoms with van der Waals surface area (Å²) < 4.78 is 0. The smallest absolute Gasteiger partial charge is 0.222 e. The first-order valence-corrected chi connectivity index (χ1v) is 9.63. The van der Waals surface area contributed by atoms with Crippen molar-refractivity contribution in [2.45, 2.75) is 71.3 Å². The van der Waals surface area contributed by atoms with Crippen molar-refractivity contribution in [3.05, 3.63) is 0 Å². The molecule has 23 heavy (non-hydrogen) atoms. The Morgan fingerprint density at radius 2 is 1.74 bits per heavy atom. The average Bonchev–Trinajstić information content (AvgIpc) is 2.88. The lowest BCUT2D eigenvalue weighted by atomic mass is 9.47. The van der Waals surface area contributed by atoms with Gasteiger partial charge in [-0.2, -0.15) is 0 Å². The van der Waals surface area contributed by atoms with Gasteiger partial charge < -0.3 is 9.69 Å². The molecule has 3 nitrogen and oxygen atoms in total. The normalized spacial score (nSPS) is 52.6. The number of aldehydes is 1. The number of fused-ring (bicyclic) bond motifs is 5. The van der Waals surface area contributed by atoms with Gasteiger partial charge in [0.2, 0.25) is 5.91 Å². The van der Waals surface area contributed by atoms with Gasteiger partial charge in [-0.25, -0.2) is 0 Å². The predicted octanol–water partition coefficient (Wildman–Crippen LogP) is 3.66. The molecule has 3 aliphatic carbocycles. The summed E-state index contributed by atoms with van der Waals surface area (Å²) in [6.45, 7) is 4.86. The third-order valence-electron chi connectivity index (χ3n) is 8.79. The number of carbonyl (C=O) groups excluding carboxylic acids is 2. The van der Waals surface area contributed by atoms with Crippen molar-refractivity contribution in [1.82, 2.24) is 4.90 Å². The van der Waals surface area contributed by atoms with Crippen LogP contribution in [0, 0.1) is 34.5 Å². The molecule has 4 rings (SSSR count). The molecule has 3 heteroatoms. The van der Waals surface area contributed by atoms with E-state index in [0.29, 0.717) is 17.4 Å². The van der Waals surface area contributed by atoms with Gasteiger partial charge in [0.05, 0.1) is 0 Å². The summed E-state index contributed by atoms with van der Waals surface area (Å²) in [5, 5.41) is 0. The molecule has 3 saturated carbocycles. The monoisotopic (exact) mass is 317 g/mol. The van der Waals surface area contributed by atoms with E-state index in [1.165, 1.54) is 32.0 Å². The molecule has 128 valence electrons. The second-order valence-electron chi connectivity index (χ2n) is 9.34. The molecular formula is C20H31NO2. The van der Waals surface area contributed by atoms with E-state index in [4.69, 9.17) is 0 Å². The highest BCUT2D eigenvalue weighted by molar-refractivity contribution is 5.77. The van der Waals surface area contributed by atoms with E-state index in [1.54, 1.807) is 0 Å². The maximum Gasteiger partial charge on any atom is 0.222 e. The number of carbonyl (C=O) groups is 2. The Morgan fingerprint density at radius 1 is 1.00 bits per heavy atom. The lowest BCUT2D eigenvalue weighted by Gasteiger charge is -2.61. The number of hydrogen-bond acceptors (Lipinski definition) is 2. The molecule has 0 aromatic carbocycles. The zero-order chi connectivity index (χ0) is 16.4. The topological polar surface area (TPSA) is 37.4 Å². The number of rotatable bonds is 1. The van der Waals surface area contributed by atoms with Gasteiger partial charge in [-0.1, -0.05) is 13.8 Å². The van der Waals surface area contributed by atoms with E-state index < -0.39 is 0 Å². The Bertz CT molecular complexity index is 532. The quantitative estimate of drug-likeness (QED) is 0.692. The van der Waals surface area contributed by atoms with E-state index in [0.717, 1.165) is 43.4 Å². The fourth-order valence-corrected chi connectivity index (χ4v) is 7.41. The van der Waals surface area contributed by atoms with Crippen LogP contribution < -0.4 is 0 Å². The molecule has 1 amide bonds. The maximum atomic E-state index is 12.2. The lowest BCUT2D eigenvalue weighted by molar-refractivity contribution is -0.158. The van der Waals surface area contributed by atoms with Gasteiger partial charge in [-0.3, -0.25) is 4.79 Å². The highest BCUT2D eigenvalue weighted by atomic mass is 16.2. The van der Waals surface area contributed by atoms with Gasteiger partial charge in [-0.15, -0.1) is 0 Å². The van der Waals surface area contributed by atoms with Crippen LogP contribution in [0.2, 0.25) is 0 Å². The zero-order valence-electron chi connectivity index (χ0n) is 14.9. The Hall–Kier alpha value is -0.860. The van der Waals surface area contributed by atoms with E-state index >= 15 is 0 Å². The van der Waals surface area contributed by atoms with Crippen molar-refractivity contribution < 1.29 is 9.59 Å². The summed E-state index contributed by atoms with van der Waals surface area (Å²) in [7, 11) is 2.02. The summed E-state index contributed by atoms with van der Waals surface area (Å²) in [5.74, 6) is 2.89. The van der Waals surface area contributed by atoms with Gasteiger partial charge in [0, 0.05) is 25.4 Å². The Labute approximate surface area is 140 Å². The number of nitrogens with zero attached hydrogens (tertiary/aromatic N) is 1. The van der Waals surface area contributed by atoms with Crippen LogP contribution in [0.5, 0.6) is 0 Å². The van der Waals surface area contributed by atoms with Crippen LogP contribution in [0.3, 0.4) is 0 Å². The molecule has 0 bridgehead atoms. The van der Waals surface area contributed by atoms with Crippen LogP contribution in [0.1, 0.15) is 65.2 Å². The second-order valence-corrected chi connectivity index (χ2v) is 9.34. The molecule has 1 heterocycles. The largest absolute Gasteiger partial charge is 0.342 e. The molecule has 1 saturated heterocycles. The van der Waals surface area contributed by atoms with E-state index in [2.05, 4.69) is 18.7 Å². The Kier molecular flexibility index (Phi) is 3.45. The minimum absolute atomic E-state index is 0.252. The molecule has 0 aromatic heterocycles. The molecule has 0 radical (unpaired) electrons. The van der Waals surface area contributed by atoms with Crippen molar-refractivity contribution in [2.75, 3.05) is 7.05 Å². The van der Waals surface area contributed by atoms with Gasteiger partial charge >= 0.3 is 0 Å². The van der Waals surface area contributed by atoms with Gasteiger partial charge in [-0.05, 0) is 73.5 Å². The van der Waals surface area contributed by atoms with Crippen LogP contribution >= 0.6 is 0 Å². The van der Waals surface area contributed by atoms with Crippen LogP contribution in [0.25, 0.3) is 0 Å². The van der Waals surface area contributed by atoms with Crippen LogP contribution in [-0.4, -0.2) is 30.2 Å². The molecule has 0 spiro atoms. The van der Waals surface area contributed by atoms with E-state index in [1.807, 2.05) is 7.05 Å². The molecule has 7 atom stereocenters. The third kappa shape index (κ3) is 1.94. The molecule has 4 fully saturated rings. The Balaban J connectivity index is 1.65. The SMILES string of the molecule is CN1C(=O)CC[C@]2(C)C3CC[C@]4(C)C(C=O)CCC4C3CC[C@@H]12. The third-order valence-corrected chi connectivity index (χ3v) is 8.79. The van der Waals surface area contributed by atoms with Crippen molar-refractivity contribution in [1.29, 1.82) is 0 Å². The highest BCUT2D eigenvalue weighted by Crippen LogP contribution is 2.65. The van der Waals surface area contributed by atoms with Crippen molar-refractivity contribution in [3.63, 3.8) is 0 Å². The minimum Gasteiger partial charge on any atom is -0.342 e. The minimum atomic E-state index is 0.252. The second kappa shape index (κ2) is 5.07. The highest BCUT2D eigenvalue weighted by Gasteiger charge is 2.60. The molecule has 1 aliphatic heterocycles. The fourth-order valence-electron chi connectivity index (χ4n) is 7.41. The van der Waals surface area contributed by atoms with E-state index in [-0.39, 0.29) is 11.3 Å². The summed E-state index contributed by atoms with van der Waals surface area (Å²) >= 11 is 0. The molecule has 0 N–H and O–H groups in total. The zero-order valence-corrected chi connectivity index (χ0v) is 14.9. The van der Waals surface area contributed by atoms with E-state index in [9.17, 15) is 9.59 Å². The number of likely N-dealkylation sites (tertiary alicyclic amines) is 1. The standard InChI is InChI=1S/C20H31NO2/c1-19-10-8-16-14(15(19)6-4-13(19)12-22)5-7-17-20(16,2)11-9-18(23)21(17)3/h12-17H,4-11H2,1-3H3/t13?,14?,15?,16?,17-,19-,20-/m1/s1. The molecular weight excluding hydrogens is 286 g/mol. The maximum absolute atomic E-state index is 12.2. The first-order valence-electron chi connectivity index (χ1n) is 9.63. The number of hydrogen-bond donors (Lipinski definition) is 0. The summed E-state index contributed by atoms with van der Waals surface area (Å²) in [6, 6.07) is 0.442. The Morgan fingerprint density at radius 3 is 2.48 bits per heavy atom. The predicted molar refractivity (Wildman–Crippen MR) is 89.7 cm³/mol.